The van der Waals surface area contributed by atoms with Crippen LogP contribution >= 0.6 is 0 Å². The Labute approximate surface area is 188 Å². The average Bonchev–Trinajstić information content (AvgIpc) is 3.05. The Bertz CT molecular complexity index is 1240. The summed E-state index contributed by atoms with van der Waals surface area (Å²) in [6, 6.07) is 18.5. The quantitative estimate of drug-likeness (QED) is 0.459. The van der Waals surface area contributed by atoms with Crippen molar-refractivity contribution in [2.75, 3.05) is 5.32 Å². The van der Waals surface area contributed by atoms with Crippen LogP contribution in [0.25, 0.3) is 0 Å². The topological polar surface area (TPSA) is 92.8 Å². The van der Waals surface area contributed by atoms with Gasteiger partial charge in [0.25, 0.3) is 17.7 Å². The van der Waals surface area contributed by atoms with Gasteiger partial charge in [0.1, 0.15) is 5.82 Å². The van der Waals surface area contributed by atoms with Crippen molar-refractivity contribution in [1.29, 1.82) is 0 Å². The summed E-state index contributed by atoms with van der Waals surface area (Å²) < 4.78 is 18.9. The van der Waals surface area contributed by atoms with E-state index in [1.807, 2.05) is 0 Å². The highest BCUT2D eigenvalue weighted by Gasteiger charge is 2.35. The summed E-state index contributed by atoms with van der Waals surface area (Å²) in [5.74, 6) is -2.86. The lowest BCUT2D eigenvalue weighted by molar-refractivity contribution is -0.123. The smallest absolute Gasteiger partial charge is 0.338 e. The number of carbonyl (C=O) groups is 4. The number of fused-ring (bicyclic) bond motifs is 1. The number of carbonyl (C=O) groups excluding carboxylic acids is 4. The summed E-state index contributed by atoms with van der Waals surface area (Å²) in [6.45, 7) is 1.35. The Morgan fingerprint density at radius 3 is 2.24 bits per heavy atom. The van der Waals surface area contributed by atoms with Crippen LogP contribution in [0.15, 0.2) is 72.8 Å². The molecular weight excluding hydrogens is 427 g/mol. The molecule has 3 aromatic rings. The Morgan fingerprint density at radius 2 is 1.58 bits per heavy atom. The van der Waals surface area contributed by atoms with Crippen LogP contribution in [0.2, 0.25) is 0 Å². The summed E-state index contributed by atoms with van der Waals surface area (Å²) in [4.78, 5) is 51.1. The molecule has 33 heavy (non-hydrogen) atoms. The van der Waals surface area contributed by atoms with Crippen molar-refractivity contribution in [3.8, 4) is 0 Å². The molecule has 0 fully saturated rings. The largest absolute Gasteiger partial charge is 0.449 e. The molecule has 0 aliphatic carbocycles. The van der Waals surface area contributed by atoms with E-state index in [1.165, 1.54) is 37.3 Å². The third-order valence-corrected chi connectivity index (χ3v) is 5.17. The Hall–Kier alpha value is -4.33. The fraction of sp³-hybridized carbons (Fsp3) is 0.120. The van der Waals surface area contributed by atoms with Gasteiger partial charge < -0.3 is 10.1 Å². The van der Waals surface area contributed by atoms with Gasteiger partial charge in [-0.25, -0.2) is 9.18 Å². The van der Waals surface area contributed by atoms with Crippen molar-refractivity contribution in [2.24, 2.45) is 0 Å². The number of benzene rings is 3. The van der Waals surface area contributed by atoms with E-state index in [2.05, 4.69) is 5.32 Å². The van der Waals surface area contributed by atoms with Crippen LogP contribution in [-0.2, 0) is 16.1 Å². The van der Waals surface area contributed by atoms with Gasteiger partial charge in [-0.15, -0.1) is 0 Å². The van der Waals surface area contributed by atoms with E-state index < -0.39 is 35.6 Å². The maximum atomic E-state index is 13.7. The first-order valence-electron chi connectivity index (χ1n) is 10.2. The molecule has 0 unspecified atom stereocenters. The number of para-hydroxylation sites is 1. The maximum Gasteiger partial charge on any atom is 0.338 e. The van der Waals surface area contributed by atoms with Gasteiger partial charge in [0, 0.05) is 0 Å². The molecule has 1 N–H and O–H groups in total. The van der Waals surface area contributed by atoms with Crippen LogP contribution in [-0.4, -0.2) is 34.7 Å². The van der Waals surface area contributed by atoms with Crippen LogP contribution in [0.3, 0.4) is 0 Å². The molecule has 4 rings (SSSR count). The number of amides is 3. The number of nitrogens with one attached hydrogen (secondary N) is 1. The summed E-state index contributed by atoms with van der Waals surface area (Å²) >= 11 is 0. The van der Waals surface area contributed by atoms with E-state index in [0.29, 0.717) is 16.7 Å². The second-order valence-corrected chi connectivity index (χ2v) is 7.46. The minimum Gasteiger partial charge on any atom is -0.449 e. The van der Waals surface area contributed by atoms with Crippen molar-refractivity contribution < 1.29 is 28.3 Å². The van der Waals surface area contributed by atoms with Gasteiger partial charge in [-0.3, -0.25) is 19.3 Å². The molecular formula is C25H19FN2O5. The highest BCUT2D eigenvalue weighted by Crippen LogP contribution is 2.24. The van der Waals surface area contributed by atoms with Crippen molar-refractivity contribution in [3.63, 3.8) is 0 Å². The number of hydrogen-bond acceptors (Lipinski definition) is 5. The second kappa shape index (κ2) is 9.04. The molecule has 1 atom stereocenters. The number of imide groups is 1. The Morgan fingerprint density at radius 1 is 0.939 bits per heavy atom. The van der Waals surface area contributed by atoms with E-state index in [-0.39, 0.29) is 17.8 Å². The van der Waals surface area contributed by atoms with Gasteiger partial charge in [0.05, 0.1) is 28.9 Å². The first-order valence-corrected chi connectivity index (χ1v) is 10.2. The molecule has 7 nitrogen and oxygen atoms in total. The lowest BCUT2D eigenvalue weighted by Gasteiger charge is -2.16. The Kier molecular flexibility index (Phi) is 5.99. The summed E-state index contributed by atoms with van der Waals surface area (Å²) in [6.07, 6.45) is -1.18. The third kappa shape index (κ3) is 4.50. The average molecular weight is 446 g/mol. The predicted octanol–water partition coefficient (Wildman–Crippen LogP) is 3.81. The zero-order valence-electron chi connectivity index (χ0n) is 17.6. The minimum atomic E-state index is -1.18. The SMILES string of the molecule is C[C@H](OC(=O)c1cccc(CN2C(=O)c3ccccc3C2=O)c1)C(=O)Nc1ccccc1F. The molecule has 0 aromatic heterocycles. The third-order valence-electron chi connectivity index (χ3n) is 5.17. The fourth-order valence-corrected chi connectivity index (χ4v) is 3.44. The van der Waals surface area contributed by atoms with Gasteiger partial charge in [-0.2, -0.15) is 0 Å². The van der Waals surface area contributed by atoms with Crippen LogP contribution in [0, 0.1) is 5.82 Å². The molecule has 3 amide bonds. The number of hydrogen-bond donors (Lipinski definition) is 1. The molecule has 166 valence electrons. The van der Waals surface area contributed by atoms with E-state index in [0.717, 1.165) is 4.90 Å². The van der Waals surface area contributed by atoms with Gasteiger partial charge in [-0.1, -0.05) is 36.4 Å². The lowest BCUT2D eigenvalue weighted by Crippen LogP contribution is -2.30. The van der Waals surface area contributed by atoms with Crippen molar-refractivity contribution in [3.05, 3.63) is 101 Å². The number of ether oxygens (including phenoxy) is 1. The van der Waals surface area contributed by atoms with Gasteiger partial charge >= 0.3 is 5.97 Å². The molecule has 1 aliphatic heterocycles. The highest BCUT2D eigenvalue weighted by atomic mass is 19.1. The summed E-state index contributed by atoms with van der Waals surface area (Å²) in [7, 11) is 0. The van der Waals surface area contributed by atoms with Crippen molar-refractivity contribution in [2.45, 2.75) is 19.6 Å². The molecule has 0 saturated carbocycles. The lowest BCUT2D eigenvalue weighted by atomic mass is 10.1. The zero-order chi connectivity index (χ0) is 23.5. The number of nitrogens with zero attached hydrogens (tertiary/aromatic N) is 1. The zero-order valence-corrected chi connectivity index (χ0v) is 17.6. The molecule has 0 bridgehead atoms. The number of anilines is 1. The molecule has 0 saturated heterocycles. The predicted molar refractivity (Wildman–Crippen MR) is 117 cm³/mol. The normalized spacial score (nSPS) is 13.5. The molecule has 0 radical (unpaired) electrons. The van der Waals surface area contributed by atoms with Crippen molar-refractivity contribution in [1.82, 2.24) is 4.90 Å². The minimum absolute atomic E-state index is 0.0171. The van der Waals surface area contributed by atoms with Crippen LogP contribution in [0.1, 0.15) is 43.6 Å². The summed E-state index contributed by atoms with van der Waals surface area (Å²) in [5.41, 5.74) is 1.35. The molecule has 0 spiro atoms. The second-order valence-electron chi connectivity index (χ2n) is 7.46. The van der Waals surface area contributed by atoms with Crippen molar-refractivity contribution >= 4 is 29.4 Å². The molecule has 1 heterocycles. The monoisotopic (exact) mass is 446 g/mol. The van der Waals surface area contributed by atoms with Gasteiger partial charge in [0.2, 0.25) is 0 Å². The van der Waals surface area contributed by atoms with Crippen LogP contribution < -0.4 is 5.32 Å². The van der Waals surface area contributed by atoms with Gasteiger partial charge in [0.15, 0.2) is 6.10 Å². The number of esters is 1. The highest BCUT2D eigenvalue weighted by molar-refractivity contribution is 6.21. The van der Waals surface area contributed by atoms with Gasteiger partial charge in [-0.05, 0) is 48.9 Å². The summed E-state index contributed by atoms with van der Waals surface area (Å²) in [5, 5.41) is 2.37. The first-order chi connectivity index (χ1) is 15.8. The molecule has 3 aromatic carbocycles. The molecule has 1 aliphatic rings. The maximum absolute atomic E-state index is 13.7. The fourth-order valence-electron chi connectivity index (χ4n) is 3.44. The number of halogens is 1. The van der Waals surface area contributed by atoms with E-state index in [1.54, 1.807) is 42.5 Å². The van der Waals surface area contributed by atoms with E-state index in [4.69, 9.17) is 4.74 Å². The van der Waals surface area contributed by atoms with Crippen LogP contribution in [0.5, 0.6) is 0 Å². The Balaban J connectivity index is 1.42. The molecule has 8 heteroatoms. The van der Waals surface area contributed by atoms with E-state index >= 15 is 0 Å². The standard InChI is InChI=1S/C25H19FN2O5/c1-15(22(29)27-21-12-5-4-11-20(21)26)33-25(32)17-8-6-7-16(13-17)14-28-23(30)18-9-2-3-10-19(18)24(28)31/h2-13,15H,14H2,1H3,(H,27,29)/t15-/m0/s1. The number of rotatable bonds is 6. The van der Waals surface area contributed by atoms with E-state index in [9.17, 15) is 23.6 Å². The first kappa shape index (κ1) is 21.9. The van der Waals surface area contributed by atoms with Crippen LogP contribution in [0.4, 0.5) is 10.1 Å².